The average Bonchev–Trinajstić information content (AvgIpc) is 2.57. The molecule has 0 aliphatic rings. The van der Waals surface area contributed by atoms with E-state index in [1.54, 1.807) is 0 Å². The van der Waals surface area contributed by atoms with Crippen molar-refractivity contribution in [3.63, 3.8) is 0 Å². The van der Waals surface area contributed by atoms with Gasteiger partial charge in [-0.1, -0.05) is 0 Å². The predicted octanol–water partition coefficient (Wildman–Crippen LogP) is 4.12. The summed E-state index contributed by atoms with van der Waals surface area (Å²) < 4.78 is 87.1. The fraction of sp³-hybridized carbons (Fsp3) is 0.312. The van der Waals surface area contributed by atoms with Crippen LogP contribution in [0.1, 0.15) is 18.1 Å². The van der Waals surface area contributed by atoms with Crippen LogP contribution in [0.15, 0.2) is 30.6 Å². The first-order chi connectivity index (χ1) is 12.5. The monoisotopic (exact) mass is 394 g/mol. The van der Waals surface area contributed by atoms with E-state index in [4.69, 9.17) is 4.74 Å². The Morgan fingerprint density at radius 1 is 0.926 bits per heavy atom. The quantitative estimate of drug-likeness (QED) is 0.434. The molecule has 1 aromatic carbocycles. The smallest absolute Gasteiger partial charge is 0.416 e. The number of nitrogens with zero attached hydrogens (tertiary/aromatic N) is 2. The predicted molar refractivity (Wildman–Crippen MR) is 79.6 cm³/mol. The van der Waals surface area contributed by atoms with Gasteiger partial charge in [-0.3, -0.25) is 4.79 Å². The molecular weight excluding hydrogens is 382 g/mol. The molecule has 0 fully saturated rings. The van der Waals surface area contributed by atoms with Gasteiger partial charge >= 0.3 is 18.3 Å². The summed E-state index contributed by atoms with van der Waals surface area (Å²) in [6.45, 7) is 1.14. The van der Waals surface area contributed by atoms with E-state index in [-0.39, 0.29) is 30.9 Å². The van der Waals surface area contributed by atoms with Gasteiger partial charge in [-0.2, -0.15) is 26.3 Å². The lowest BCUT2D eigenvalue weighted by molar-refractivity contribution is -0.143. The van der Waals surface area contributed by atoms with E-state index in [2.05, 4.69) is 14.7 Å². The third kappa shape index (κ3) is 5.83. The normalized spacial score (nSPS) is 12.0. The second-order valence-electron chi connectivity index (χ2n) is 5.23. The number of aromatic nitrogens is 2. The first-order valence-corrected chi connectivity index (χ1v) is 7.35. The highest BCUT2D eigenvalue weighted by atomic mass is 19.4. The molecule has 1 heterocycles. The number of halogens is 6. The Kier molecular flexibility index (Phi) is 5.91. The van der Waals surface area contributed by atoms with Crippen molar-refractivity contribution in [2.24, 2.45) is 0 Å². The maximum atomic E-state index is 12.9. The Labute approximate surface area is 148 Å². The van der Waals surface area contributed by atoms with Crippen molar-refractivity contribution >= 4 is 5.97 Å². The molecule has 0 aliphatic heterocycles. The Bertz CT molecular complexity index is 771. The number of benzene rings is 1. The lowest BCUT2D eigenvalue weighted by atomic mass is 10.0. The Hall–Kier alpha value is -2.85. The van der Waals surface area contributed by atoms with Gasteiger partial charge in [-0.25, -0.2) is 9.97 Å². The summed E-state index contributed by atoms with van der Waals surface area (Å²) in [5, 5.41) is 0. The van der Waals surface area contributed by atoms with Gasteiger partial charge in [-0.05, 0) is 18.2 Å². The molecular formula is C16H12F6N2O3. The van der Waals surface area contributed by atoms with Gasteiger partial charge in [0.2, 0.25) is 0 Å². The molecule has 27 heavy (non-hydrogen) atoms. The fourth-order valence-corrected chi connectivity index (χ4v) is 1.97. The molecule has 0 aliphatic carbocycles. The van der Waals surface area contributed by atoms with Crippen molar-refractivity contribution < 1.29 is 40.6 Å². The molecule has 0 radical (unpaired) electrons. The van der Waals surface area contributed by atoms with Crippen LogP contribution in [-0.2, 0) is 21.9 Å². The van der Waals surface area contributed by atoms with Crippen molar-refractivity contribution in [3.05, 3.63) is 41.7 Å². The second-order valence-corrected chi connectivity index (χ2v) is 5.23. The number of esters is 1. The minimum absolute atomic E-state index is 0.0237. The van der Waals surface area contributed by atoms with Gasteiger partial charge in [0.15, 0.2) is 11.6 Å². The van der Waals surface area contributed by atoms with E-state index >= 15 is 0 Å². The van der Waals surface area contributed by atoms with Crippen LogP contribution in [0.2, 0.25) is 0 Å². The summed E-state index contributed by atoms with van der Waals surface area (Å²) in [5.74, 6) is -0.733. The number of ether oxygens (including phenoxy) is 2. The van der Waals surface area contributed by atoms with Crippen molar-refractivity contribution in [1.29, 1.82) is 0 Å². The van der Waals surface area contributed by atoms with Gasteiger partial charge in [-0.15, -0.1) is 0 Å². The first-order valence-electron chi connectivity index (χ1n) is 7.35. The molecule has 0 spiro atoms. The summed E-state index contributed by atoms with van der Waals surface area (Å²) in [4.78, 5) is 18.1. The Balaban J connectivity index is 2.25. The Morgan fingerprint density at radius 3 is 1.89 bits per heavy atom. The maximum absolute atomic E-state index is 12.9. The van der Waals surface area contributed by atoms with Crippen LogP contribution in [0.4, 0.5) is 26.3 Å². The van der Waals surface area contributed by atoms with Gasteiger partial charge in [0.05, 0.1) is 23.5 Å². The van der Waals surface area contributed by atoms with E-state index in [0.717, 1.165) is 12.4 Å². The van der Waals surface area contributed by atoms with E-state index in [1.165, 1.54) is 6.92 Å². The molecule has 146 valence electrons. The third-order valence-corrected chi connectivity index (χ3v) is 3.13. The van der Waals surface area contributed by atoms with Crippen LogP contribution in [-0.4, -0.2) is 29.2 Å². The lowest BCUT2D eigenvalue weighted by Crippen LogP contribution is -2.11. The van der Waals surface area contributed by atoms with Crippen molar-refractivity contribution in [1.82, 2.24) is 9.97 Å². The molecule has 0 N–H and O–H groups in total. The summed E-state index contributed by atoms with van der Waals surface area (Å²) >= 11 is 0. The zero-order valence-electron chi connectivity index (χ0n) is 13.7. The fourth-order valence-electron chi connectivity index (χ4n) is 1.97. The van der Waals surface area contributed by atoms with Crippen molar-refractivity contribution in [3.8, 4) is 17.1 Å². The first kappa shape index (κ1) is 20.5. The molecule has 0 bridgehead atoms. The van der Waals surface area contributed by atoms with Gasteiger partial charge < -0.3 is 9.47 Å². The van der Waals surface area contributed by atoms with Gasteiger partial charge in [0, 0.05) is 12.5 Å². The summed E-state index contributed by atoms with van der Waals surface area (Å²) in [7, 11) is 0. The maximum Gasteiger partial charge on any atom is 0.416 e. The minimum atomic E-state index is -4.96. The van der Waals surface area contributed by atoms with Crippen LogP contribution < -0.4 is 4.74 Å². The highest BCUT2D eigenvalue weighted by Crippen LogP contribution is 2.38. The van der Waals surface area contributed by atoms with Crippen molar-refractivity contribution in [2.45, 2.75) is 19.3 Å². The third-order valence-electron chi connectivity index (χ3n) is 3.13. The van der Waals surface area contributed by atoms with E-state index in [0.29, 0.717) is 12.1 Å². The van der Waals surface area contributed by atoms with Crippen molar-refractivity contribution in [2.75, 3.05) is 13.2 Å². The van der Waals surface area contributed by atoms with Gasteiger partial charge in [0.1, 0.15) is 13.2 Å². The number of carbonyl (C=O) groups excluding carboxylic acids is 1. The standard InChI is InChI=1S/C16H12F6N2O3/c1-9(25)26-2-3-27-13-7-23-14(24-8-13)10-4-11(15(17,18)19)6-12(5-10)16(20,21)22/h4-8H,2-3H2,1H3. The van der Waals surface area contributed by atoms with Crippen LogP contribution in [0.3, 0.4) is 0 Å². The van der Waals surface area contributed by atoms with Crippen LogP contribution >= 0.6 is 0 Å². The number of hydrogen-bond donors (Lipinski definition) is 0. The Morgan fingerprint density at radius 2 is 1.44 bits per heavy atom. The summed E-state index contributed by atoms with van der Waals surface area (Å²) in [6.07, 6.45) is -7.75. The number of rotatable bonds is 5. The molecule has 0 amide bonds. The molecule has 2 aromatic rings. The lowest BCUT2D eigenvalue weighted by Gasteiger charge is -2.13. The van der Waals surface area contributed by atoms with Crippen LogP contribution in [0, 0.1) is 0 Å². The SMILES string of the molecule is CC(=O)OCCOc1cnc(-c2cc(C(F)(F)F)cc(C(F)(F)F)c2)nc1. The highest BCUT2D eigenvalue weighted by molar-refractivity contribution is 5.65. The molecule has 0 saturated heterocycles. The molecule has 1 aromatic heterocycles. The van der Waals surface area contributed by atoms with E-state index in [1.807, 2.05) is 0 Å². The molecule has 0 unspecified atom stereocenters. The van der Waals surface area contributed by atoms with Crippen LogP contribution in [0.5, 0.6) is 5.75 Å². The van der Waals surface area contributed by atoms with E-state index < -0.39 is 35.0 Å². The number of carbonyl (C=O) groups is 1. The number of alkyl halides is 6. The largest absolute Gasteiger partial charge is 0.487 e. The topological polar surface area (TPSA) is 61.3 Å². The summed E-state index contributed by atoms with van der Waals surface area (Å²) in [5.41, 5.74) is -3.36. The molecule has 2 rings (SSSR count). The zero-order chi connectivity index (χ0) is 20.2. The minimum Gasteiger partial charge on any atom is -0.487 e. The van der Waals surface area contributed by atoms with E-state index in [9.17, 15) is 31.1 Å². The summed E-state index contributed by atoms with van der Waals surface area (Å²) in [6, 6.07) is 1.09. The van der Waals surface area contributed by atoms with Crippen LogP contribution in [0.25, 0.3) is 11.4 Å². The highest BCUT2D eigenvalue weighted by Gasteiger charge is 2.37. The zero-order valence-corrected chi connectivity index (χ0v) is 13.7. The molecule has 11 heteroatoms. The average molecular weight is 394 g/mol. The number of hydrogen-bond acceptors (Lipinski definition) is 5. The molecule has 5 nitrogen and oxygen atoms in total. The second kappa shape index (κ2) is 7.80. The molecule has 0 saturated carbocycles. The molecule has 0 atom stereocenters. The van der Waals surface area contributed by atoms with Gasteiger partial charge in [0.25, 0.3) is 0 Å².